The molecule has 0 aromatic heterocycles. The number of hydrogen-bond acceptors (Lipinski definition) is 12. The van der Waals surface area contributed by atoms with Crippen LogP contribution in [0.25, 0.3) is 0 Å². The van der Waals surface area contributed by atoms with Crippen LogP contribution in [0.3, 0.4) is 0 Å². The Hall–Kier alpha value is -1.94. The Morgan fingerprint density at radius 1 is 0.848 bits per heavy atom. The second-order valence-electron chi connectivity index (χ2n) is 18.2. The van der Waals surface area contributed by atoms with E-state index in [1.54, 1.807) is 0 Å². The molecule has 3 amide bonds. The summed E-state index contributed by atoms with van der Waals surface area (Å²) in [5, 5.41) is 23.7. The van der Waals surface area contributed by atoms with Crippen LogP contribution in [0.4, 0.5) is 0 Å². The van der Waals surface area contributed by atoms with Gasteiger partial charge in [0.1, 0.15) is 35.7 Å². The third kappa shape index (κ3) is 24.1. The molecule has 0 saturated carbocycles. The van der Waals surface area contributed by atoms with Crippen LogP contribution in [0, 0.1) is 38.5 Å². The number of ether oxygens (including phenoxy) is 2. The number of fused-ring (bicyclic) bond motifs is 1. The first-order valence-corrected chi connectivity index (χ1v) is 25.1. The maximum Gasteiger partial charge on any atom is 1.00 e. The molecule has 1 aliphatic rings. The zero-order valence-electron chi connectivity index (χ0n) is 41.0. The summed E-state index contributed by atoms with van der Waals surface area (Å²) in [6.45, 7) is 15.7. The molecule has 21 heteroatoms. The van der Waals surface area contributed by atoms with Crippen LogP contribution in [0.5, 0.6) is 11.5 Å². The predicted octanol–water partition coefficient (Wildman–Crippen LogP) is -0.578. The number of carbonyl (C=O) groups is 6. The van der Waals surface area contributed by atoms with Gasteiger partial charge in [0.25, 0.3) is 10.1 Å². The first kappa shape index (κ1) is 64.1. The van der Waals surface area contributed by atoms with Crippen molar-refractivity contribution in [3.05, 3.63) is 22.3 Å². The van der Waals surface area contributed by atoms with Gasteiger partial charge in [0.05, 0.1) is 17.4 Å². The Kier molecular flexibility index (Phi) is 30.4. The van der Waals surface area contributed by atoms with Crippen molar-refractivity contribution in [2.24, 2.45) is 23.5 Å². The SMILES string of the molecule is Cc1c(C)c2c(c(C)c1OC(=O)CC(SCC(NC(=O)CCC(N)C(=O)O)C(=O)NCC(=O)O)C(=O)NCCS(=O)(=O)O)CCC(C)(CCCC(C)CCCC(C)CCCC(C)C)O2.[Na+].[Na+]. The standard InChI is InChI=1S/C45H74N4O13S2.2Na/c1-27(2)12-9-13-28(3)14-10-15-29(4)16-11-20-45(8)21-19-33-32(7)40(30(5)31(6)41(33)62-45)61-39(53)24-36(43(55)47-22-23-64(58,59)60)63-26-35(42(54)48-25-38(51)52)49-37(50)18-17-34(46)44(56)57;;/h27-29,34-36H,9-26,46H2,1-8H3,(H,47,55)(H,48,54)(H,49,50)(H,51,52)(H,56,57)(H,58,59,60);;/q;2*+1. The van der Waals surface area contributed by atoms with Crippen molar-refractivity contribution in [1.29, 1.82) is 0 Å². The molecule has 66 heavy (non-hydrogen) atoms. The largest absolute Gasteiger partial charge is 1.00 e. The average molecular weight is 989 g/mol. The second kappa shape index (κ2) is 31.3. The molecule has 1 heterocycles. The van der Waals surface area contributed by atoms with Crippen LogP contribution >= 0.6 is 11.8 Å². The molecule has 0 saturated heterocycles. The fourth-order valence-corrected chi connectivity index (χ4v) is 9.23. The molecule has 1 aliphatic heterocycles. The van der Waals surface area contributed by atoms with E-state index in [2.05, 4.69) is 50.6 Å². The summed E-state index contributed by atoms with van der Waals surface area (Å²) in [5.74, 6) is -4.06. The molecule has 0 fully saturated rings. The molecule has 0 bridgehead atoms. The molecule has 6 unspecified atom stereocenters. The van der Waals surface area contributed by atoms with Crippen molar-refractivity contribution in [1.82, 2.24) is 16.0 Å². The van der Waals surface area contributed by atoms with Gasteiger partial charge in [0.15, 0.2) is 0 Å². The van der Waals surface area contributed by atoms with Gasteiger partial charge in [0.2, 0.25) is 17.7 Å². The van der Waals surface area contributed by atoms with Crippen LogP contribution in [-0.2, 0) is 45.3 Å². The number of benzene rings is 1. The molecule has 0 radical (unpaired) electrons. The number of nitrogens with one attached hydrogen (secondary N) is 3. The summed E-state index contributed by atoms with van der Waals surface area (Å²) < 4.78 is 44.5. The fraction of sp³-hybridized carbons (Fsp3) is 0.733. The summed E-state index contributed by atoms with van der Waals surface area (Å²) in [6.07, 6.45) is 11.0. The first-order chi connectivity index (χ1) is 29.8. The van der Waals surface area contributed by atoms with Crippen molar-refractivity contribution >= 4 is 57.5 Å². The van der Waals surface area contributed by atoms with Crippen LogP contribution in [0.2, 0.25) is 0 Å². The Bertz CT molecular complexity index is 1890. The van der Waals surface area contributed by atoms with Crippen molar-refractivity contribution in [3.8, 4) is 11.5 Å². The van der Waals surface area contributed by atoms with E-state index in [0.29, 0.717) is 29.2 Å². The van der Waals surface area contributed by atoms with Crippen LogP contribution in [-0.4, -0.2) is 106 Å². The van der Waals surface area contributed by atoms with E-state index in [-0.39, 0.29) is 76.9 Å². The predicted molar refractivity (Wildman–Crippen MR) is 246 cm³/mol. The number of esters is 1. The average Bonchev–Trinajstić information content (AvgIpc) is 3.19. The molecular formula is C45H74N4Na2O13S2+2. The molecule has 8 N–H and O–H groups in total. The maximum absolute atomic E-state index is 13.7. The van der Waals surface area contributed by atoms with Gasteiger partial charge in [-0.05, 0) is 94.2 Å². The maximum atomic E-state index is 13.7. The minimum Gasteiger partial charge on any atom is -0.487 e. The number of amides is 3. The van der Waals surface area contributed by atoms with Crippen molar-refractivity contribution in [2.45, 2.75) is 168 Å². The summed E-state index contributed by atoms with van der Waals surface area (Å²) in [7, 11) is -4.45. The molecule has 17 nitrogen and oxygen atoms in total. The first-order valence-electron chi connectivity index (χ1n) is 22.5. The number of rotatable bonds is 30. The van der Waals surface area contributed by atoms with Crippen molar-refractivity contribution < 1.29 is 121 Å². The summed E-state index contributed by atoms with van der Waals surface area (Å²) >= 11 is 0.732. The molecule has 2 rings (SSSR count). The summed E-state index contributed by atoms with van der Waals surface area (Å²) in [6, 6.07) is -2.81. The van der Waals surface area contributed by atoms with E-state index in [4.69, 9.17) is 25.4 Å². The molecule has 1 aromatic carbocycles. The number of carbonyl (C=O) groups excluding carboxylic acids is 4. The molecule has 6 atom stereocenters. The minimum absolute atomic E-state index is 0. The molecule has 364 valence electrons. The minimum atomic E-state index is -4.45. The Morgan fingerprint density at radius 3 is 2.00 bits per heavy atom. The van der Waals surface area contributed by atoms with Gasteiger partial charge in [-0.1, -0.05) is 72.6 Å². The number of thioether (sulfide) groups is 1. The topological polar surface area (TPSA) is 278 Å². The van der Waals surface area contributed by atoms with Crippen molar-refractivity contribution in [3.63, 3.8) is 0 Å². The van der Waals surface area contributed by atoms with Gasteiger partial charge in [-0.3, -0.25) is 33.3 Å². The van der Waals surface area contributed by atoms with Crippen molar-refractivity contribution in [2.75, 3.05) is 24.6 Å². The van der Waals surface area contributed by atoms with E-state index in [0.717, 1.165) is 66.2 Å². The number of aliphatic carboxylic acids is 2. The molecule has 0 aliphatic carbocycles. The van der Waals surface area contributed by atoms with E-state index >= 15 is 0 Å². The summed E-state index contributed by atoms with van der Waals surface area (Å²) in [4.78, 5) is 75.0. The Labute approximate surface area is 440 Å². The smallest absolute Gasteiger partial charge is 0.487 e. The van der Waals surface area contributed by atoms with E-state index in [1.165, 1.54) is 38.5 Å². The van der Waals surface area contributed by atoms with E-state index < -0.39 is 94.8 Å². The summed E-state index contributed by atoms with van der Waals surface area (Å²) in [5.41, 5.74) is 8.24. The van der Waals surface area contributed by atoms with Crippen LogP contribution < -0.4 is 90.3 Å². The molecular weight excluding hydrogens is 915 g/mol. The van der Waals surface area contributed by atoms with Gasteiger partial charge in [-0.2, -0.15) is 8.42 Å². The van der Waals surface area contributed by atoms with Gasteiger partial charge in [-0.15, -0.1) is 11.8 Å². The quantitative estimate of drug-likeness (QED) is 0.0220. The number of carboxylic acids is 2. The molecule has 0 spiro atoms. The van der Waals surface area contributed by atoms with Gasteiger partial charge < -0.3 is 41.4 Å². The van der Waals surface area contributed by atoms with Crippen LogP contribution in [0.15, 0.2) is 0 Å². The number of hydrogen-bond donors (Lipinski definition) is 7. The Balaban J connectivity index is 0.0000211. The van der Waals surface area contributed by atoms with E-state index in [9.17, 15) is 41.7 Å². The van der Waals surface area contributed by atoms with Crippen LogP contribution in [0.1, 0.15) is 140 Å². The van der Waals surface area contributed by atoms with Gasteiger partial charge in [0, 0.05) is 24.3 Å². The monoisotopic (exact) mass is 988 g/mol. The second-order valence-corrected chi connectivity index (χ2v) is 21.0. The zero-order valence-corrected chi connectivity index (χ0v) is 46.6. The molecule has 1 aromatic rings. The zero-order chi connectivity index (χ0) is 48.4. The Morgan fingerprint density at radius 2 is 1.44 bits per heavy atom. The van der Waals surface area contributed by atoms with Gasteiger partial charge in [-0.25, -0.2) is 0 Å². The van der Waals surface area contributed by atoms with E-state index in [1.807, 2.05) is 20.8 Å². The number of nitrogens with two attached hydrogens (primary N) is 1. The number of carboxylic acid groups (broad SMARTS) is 2. The third-order valence-electron chi connectivity index (χ3n) is 11.9. The normalized spacial score (nSPS) is 16.7. The fourth-order valence-electron chi connectivity index (χ4n) is 7.72. The third-order valence-corrected chi connectivity index (χ3v) is 13.9. The van der Waals surface area contributed by atoms with Gasteiger partial charge >= 0.3 is 77.0 Å².